The minimum absolute atomic E-state index is 0.126. The van der Waals surface area contributed by atoms with E-state index in [1.54, 1.807) is 0 Å². The maximum atomic E-state index is 14.5. The number of benzene rings is 5. The molecule has 1 spiro atoms. The van der Waals surface area contributed by atoms with Crippen LogP contribution in [0.2, 0.25) is 0 Å². The van der Waals surface area contributed by atoms with Crippen molar-refractivity contribution < 1.29 is 4.39 Å². The van der Waals surface area contributed by atoms with Gasteiger partial charge in [-0.15, -0.1) is 0 Å². The Morgan fingerprint density at radius 3 is 1.42 bits per heavy atom. The summed E-state index contributed by atoms with van der Waals surface area (Å²) >= 11 is 0. The lowest BCUT2D eigenvalue weighted by molar-refractivity contribution is 0.620. The molecule has 0 atom stereocenters. The van der Waals surface area contributed by atoms with Crippen molar-refractivity contribution in [2.24, 2.45) is 0 Å². The fourth-order valence-corrected chi connectivity index (χ4v) is 6.23. The van der Waals surface area contributed by atoms with E-state index < -0.39 is 11.2 Å². The fourth-order valence-electron chi connectivity index (χ4n) is 6.23. The van der Waals surface area contributed by atoms with Crippen molar-refractivity contribution in [1.29, 1.82) is 10.5 Å². The lowest BCUT2D eigenvalue weighted by atomic mass is 9.70. The van der Waals surface area contributed by atoms with Gasteiger partial charge in [0.05, 0.1) is 16.5 Å². The third-order valence-electron chi connectivity index (χ3n) is 7.64. The molecule has 0 aliphatic heterocycles. The Morgan fingerprint density at radius 2 is 0.944 bits per heavy atom. The molecule has 0 bridgehead atoms. The van der Waals surface area contributed by atoms with E-state index in [0.29, 0.717) is 5.56 Å². The van der Waals surface area contributed by atoms with E-state index in [1.165, 1.54) is 45.5 Å². The molecule has 0 saturated heterocycles. The van der Waals surface area contributed by atoms with Gasteiger partial charge in [-0.1, -0.05) is 84.9 Å². The molecule has 166 valence electrons. The molecule has 0 fully saturated rings. The molecule has 0 saturated carbocycles. The lowest BCUT2D eigenvalue weighted by Crippen LogP contribution is -2.25. The summed E-state index contributed by atoms with van der Waals surface area (Å²) in [6.07, 6.45) is 0. The van der Waals surface area contributed by atoms with E-state index in [9.17, 15) is 14.9 Å². The Morgan fingerprint density at radius 1 is 0.500 bits per heavy atom. The molecule has 2 aliphatic carbocycles. The second-order valence-corrected chi connectivity index (χ2v) is 9.26. The summed E-state index contributed by atoms with van der Waals surface area (Å²) in [5, 5.41) is 18.9. The Labute approximate surface area is 208 Å². The molecule has 5 aromatic rings. The molecule has 5 aromatic carbocycles. The summed E-state index contributed by atoms with van der Waals surface area (Å²) in [6, 6.07) is 38.8. The van der Waals surface area contributed by atoms with E-state index in [-0.39, 0.29) is 11.1 Å². The van der Waals surface area contributed by atoms with Gasteiger partial charge < -0.3 is 0 Å². The second kappa shape index (κ2) is 7.25. The Bertz CT molecular complexity index is 1740. The van der Waals surface area contributed by atoms with Crippen molar-refractivity contribution >= 4 is 0 Å². The maximum absolute atomic E-state index is 14.5. The summed E-state index contributed by atoms with van der Waals surface area (Å²) in [4.78, 5) is 0. The van der Waals surface area contributed by atoms with Crippen molar-refractivity contribution in [2.75, 3.05) is 0 Å². The second-order valence-electron chi connectivity index (χ2n) is 9.26. The number of hydrogen-bond acceptors (Lipinski definition) is 2. The van der Waals surface area contributed by atoms with Gasteiger partial charge in [0.15, 0.2) is 5.82 Å². The van der Waals surface area contributed by atoms with Crippen molar-refractivity contribution in [3.05, 3.63) is 142 Å². The van der Waals surface area contributed by atoms with E-state index in [1.807, 2.05) is 18.2 Å². The van der Waals surface area contributed by atoms with Crippen LogP contribution in [-0.2, 0) is 5.41 Å². The Hall–Kier alpha value is -4.99. The summed E-state index contributed by atoms with van der Waals surface area (Å²) in [7, 11) is 0. The van der Waals surface area contributed by atoms with Crippen LogP contribution in [0.25, 0.3) is 33.4 Å². The predicted octanol–water partition coefficient (Wildman–Crippen LogP) is 7.58. The molecule has 0 unspecified atom stereocenters. The summed E-state index contributed by atoms with van der Waals surface area (Å²) in [5.74, 6) is -0.771. The topological polar surface area (TPSA) is 47.6 Å². The van der Waals surface area contributed by atoms with Gasteiger partial charge in [0.2, 0.25) is 0 Å². The largest absolute Gasteiger partial charge is 0.204 e. The molecule has 0 aromatic heterocycles. The molecule has 3 heteroatoms. The molecule has 2 aliphatic rings. The smallest absolute Gasteiger partial charge is 0.158 e. The molecule has 2 nitrogen and oxygen atoms in total. The normalized spacial score (nSPS) is 13.3. The van der Waals surface area contributed by atoms with Crippen molar-refractivity contribution in [3.63, 3.8) is 0 Å². The summed E-state index contributed by atoms with van der Waals surface area (Å²) in [6.45, 7) is 0. The zero-order valence-electron chi connectivity index (χ0n) is 19.1. The fraction of sp³-hybridized carbons (Fsp3) is 0.0303. The number of nitrogens with zero attached hydrogens (tertiary/aromatic N) is 2. The molecule has 0 heterocycles. The summed E-state index contributed by atoms with van der Waals surface area (Å²) in [5.41, 5.74) is 10.4. The average molecular weight is 461 g/mol. The molecular weight excluding hydrogens is 443 g/mol. The zero-order valence-corrected chi connectivity index (χ0v) is 19.1. The Kier molecular flexibility index (Phi) is 4.11. The quantitative estimate of drug-likeness (QED) is 0.253. The molecule has 36 heavy (non-hydrogen) atoms. The lowest BCUT2D eigenvalue weighted by Gasteiger charge is -2.30. The van der Waals surface area contributed by atoms with E-state index in [0.717, 1.165) is 16.7 Å². The molecule has 0 N–H and O–H groups in total. The molecule has 0 radical (unpaired) electrons. The van der Waals surface area contributed by atoms with Gasteiger partial charge in [0, 0.05) is 0 Å². The highest BCUT2D eigenvalue weighted by atomic mass is 19.1. The molecule has 7 rings (SSSR count). The molecule has 0 amide bonds. The van der Waals surface area contributed by atoms with Gasteiger partial charge in [-0.2, -0.15) is 10.5 Å². The number of fused-ring (bicyclic) bond motifs is 10. The highest BCUT2D eigenvalue weighted by Crippen LogP contribution is 2.62. The van der Waals surface area contributed by atoms with Gasteiger partial charge in [0.1, 0.15) is 12.1 Å². The maximum Gasteiger partial charge on any atom is 0.158 e. The van der Waals surface area contributed by atoms with Crippen molar-refractivity contribution in [3.8, 4) is 45.5 Å². The summed E-state index contributed by atoms with van der Waals surface area (Å²) < 4.78 is 14.5. The minimum atomic E-state index is -0.771. The number of rotatable bonds is 1. The van der Waals surface area contributed by atoms with Gasteiger partial charge >= 0.3 is 0 Å². The van der Waals surface area contributed by atoms with Crippen LogP contribution in [0.5, 0.6) is 0 Å². The number of halogens is 1. The van der Waals surface area contributed by atoms with Gasteiger partial charge in [-0.25, -0.2) is 4.39 Å². The first-order valence-corrected chi connectivity index (χ1v) is 11.8. The van der Waals surface area contributed by atoms with Crippen molar-refractivity contribution in [1.82, 2.24) is 0 Å². The first-order chi connectivity index (χ1) is 17.7. The van der Waals surface area contributed by atoms with Crippen LogP contribution in [0, 0.1) is 28.5 Å². The SMILES string of the molecule is N#Cc1cc(-c2ccc3c(c2)C2(c4ccccc4-c4ccccc42)c2ccccc2-3)cc(C#N)c1F. The van der Waals surface area contributed by atoms with Gasteiger partial charge in [0.25, 0.3) is 0 Å². The average Bonchev–Trinajstić information content (AvgIpc) is 3.40. The third kappa shape index (κ3) is 2.42. The number of nitriles is 2. The van der Waals surface area contributed by atoms with Crippen LogP contribution >= 0.6 is 0 Å². The monoisotopic (exact) mass is 460 g/mol. The highest BCUT2D eigenvalue weighted by Gasteiger charge is 2.51. The van der Waals surface area contributed by atoms with Crippen LogP contribution < -0.4 is 0 Å². The van der Waals surface area contributed by atoms with Crippen LogP contribution in [0.4, 0.5) is 4.39 Å². The van der Waals surface area contributed by atoms with Crippen LogP contribution in [0.3, 0.4) is 0 Å². The van der Waals surface area contributed by atoms with Crippen LogP contribution in [-0.4, -0.2) is 0 Å². The predicted molar refractivity (Wildman–Crippen MR) is 138 cm³/mol. The first kappa shape index (κ1) is 20.4. The van der Waals surface area contributed by atoms with Crippen molar-refractivity contribution in [2.45, 2.75) is 5.41 Å². The van der Waals surface area contributed by atoms with Gasteiger partial charge in [-0.3, -0.25) is 0 Å². The highest BCUT2D eigenvalue weighted by molar-refractivity contribution is 5.95. The Balaban J connectivity index is 1.59. The third-order valence-corrected chi connectivity index (χ3v) is 7.64. The van der Waals surface area contributed by atoms with Crippen LogP contribution in [0.15, 0.2) is 103 Å². The van der Waals surface area contributed by atoms with E-state index in [4.69, 9.17) is 0 Å². The van der Waals surface area contributed by atoms with E-state index >= 15 is 0 Å². The zero-order chi connectivity index (χ0) is 24.4. The minimum Gasteiger partial charge on any atom is -0.204 e. The number of hydrogen-bond donors (Lipinski definition) is 0. The van der Waals surface area contributed by atoms with E-state index in [2.05, 4.69) is 84.9 Å². The van der Waals surface area contributed by atoms with Crippen LogP contribution in [0.1, 0.15) is 33.4 Å². The molecular formula is C33H17FN2. The van der Waals surface area contributed by atoms with Gasteiger partial charge in [-0.05, 0) is 73.8 Å². The first-order valence-electron chi connectivity index (χ1n) is 11.8. The standard InChI is InChI=1S/C33H17FN2/c34-32-22(18-35)15-21(16-23(32)19-36)20-13-14-27-26-9-3-6-12-30(26)33(31(27)17-20)28-10-4-1-7-24(28)25-8-2-5-11-29(25)33/h1-17H.